The number of hydrogen-bond acceptors (Lipinski definition) is 7. The first-order chi connectivity index (χ1) is 16.7. The molecule has 0 aromatic heterocycles. The normalized spacial score (nSPS) is 10.2. The zero-order chi connectivity index (χ0) is 25.4. The number of anilines is 2. The summed E-state index contributed by atoms with van der Waals surface area (Å²) in [6, 6.07) is 18.8. The molecule has 3 aromatic carbocycles. The number of thiocarbonyl (C=S) groups is 1. The summed E-state index contributed by atoms with van der Waals surface area (Å²) in [6.07, 6.45) is 0.948. The van der Waals surface area contributed by atoms with Crippen molar-refractivity contribution in [1.29, 1.82) is 0 Å². The van der Waals surface area contributed by atoms with Crippen LogP contribution in [0.25, 0.3) is 0 Å². The van der Waals surface area contributed by atoms with Gasteiger partial charge in [-0.1, -0.05) is 30.3 Å². The number of hydrogen-bond donors (Lipinski definition) is 3. The Labute approximate surface area is 204 Å². The van der Waals surface area contributed by atoms with Crippen LogP contribution in [-0.4, -0.2) is 26.8 Å². The molecule has 2 amide bonds. The molecule has 12 heteroatoms. The van der Waals surface area contributed by atoms with E-state index in [0.29, 0.717) is 24.2 Å². The third-order valence-electron chi connectivity index (χ3n) is 4.72. The van der Waals surface area contributed by atoms with E-state index >= 15 is 0 Å². The number of nitro benzene ring substituents is 2. The molecule has 178 valence electrons. The van der Waals surface area contributed by atoms with Gasteiger partial charge in [-0.15, -0.1) is 0 Å². The van der Waals surface area contributed by atoms with Crippen molar-refractivity contribution in [2.75, 3.05) is 10.6 Å². The monoisotopic (exact) mass is 493 g/mol. The van der Waals surface area contributed by atoms with Gasteiger partial charge in [-0.2, -0.15) is 0 Å². The van der Waals surface area contributed by atoms with Gasteiger partial charge in [0, 0.05) is 29.9 Å². The maximum Gasteiger partial charge on any atom is 0.277 e. The molecule has 0 atom stereocenters. The molecular weight excluding hydrogens is 474 g/mol. The molecule has 3 N–H and O–H groups in total. The van der Waals surface area contributed by atoms with E-state index in [0.717, 1.165) is 23.8 Å². The number of nitrogens with zero attached hydrogens (tertiary/aromatic N) is 2. The van der Waals surface area contributed by atoms with Gasteiger partial charge in [-0.25, -0.2) is 0 Å². The summed E-state index contributed by atoms with van der Waals surface area (Å²) in [7, 11) is 0. The van der Waals surface area contributed by atoms with Crippen LogP contribution in [0.1, 0.15) is 22.3 Å². The third kappa shape index (κ3) is 7.40. The fourth-order valence-corrected chi connectivity index (χ4v) is 3.25. The van der Waals surface area contributed by atoms with Crippen molar-refractivity contribution in [3.8, 4) is 0 Å². The van der Waals surface area contributed by atoms with Crippen LogP contribution in [0.4, 0.5) is 22.7 Å². The van der Waals surface area contributed by atoms with Gasteiger partial charge in [0.05, 0.1) is 21.5 Å². The maximum absolute atomic E-state index is 12.4. The number of benzene rings is 3. The minimum Gasteiger partial charge on any atom is -0.332 e. The number of amides is 2. The Morgan fingerprint density at radius 1 is 0.800 bits per heavy atom. The first kappa shape index (κ1) is 24.9. The number of nitrogens with one attached hydrogen (secondary N) is 3. The largest absolute Gasteiger partial charge is 0.332 e. The molecule has 0 radical (unpaired) electrons. The molecule has 3 aromatic rings. The Kier molecular flexibility index (Phi) is 8.14. The lowest BCUT2D eigenvalue weighted by atomic mass is 10.1. The van der Waals surface area contributed by atoms with Gasteiger partial charge < -0.3 is 10.6 Å². The SMILES string of the molecule is O=C(CCc1ccccc1)Nc1ccc(NC(=S)NC(=O)c2cc([N+](=O)[O-])cc([N+](=O)[O-])c2)cc1. The van der Waals surface area contributed by atoms with Crippen molar-refractivity contribution >= 4 is 51.9 Å². The minimum atomic E-state index is -0.850. The highest BCUT2D eigenvalue weighted by molar-refractivity contribution is 7.80. The summed E-state index contributed by atoms with van der Waals surface area (Å²) >= 11 is 5.08. The van der Waals surface area contributed by atoms with Crippen LogP contribution < -0.4 is 16.0 Å². The molecule has 0 saturated heterocycles. The smallest absolute Gasteiger partial charge is 0.277 e. The van der Waals surface area contributed by atoms with Crippen molar-refractivity contribution in [2.24, 2.45) is 0 Å². The summed E-state index contributed by atoms with van der Waals surface area (Å²) in [5.74, 6) is -0.986. The Balaban J connectivity index is 1.55. The minimum absolute atomic E-state index is 0.121. The van der Waals surface area contributed by atoms with E-state index in [4.69, 9.17) is 12.2 Å². The summed E-state index contributed by atoms with van der Waals surface area (Å²) < 4.78 is 0. The van der Waals surface area contributed by atoms with Gasteiger partial charge in [-0.3, -0.25) is 35.1 Å². The van der Waals surface area contributed by atoms with Gasteiger partial charge in [-0.05, 0) is 48.5 Å². The highest BCUT2D eigenvalue weighted by Crippen LogP contribution is 2.22. The van der Waals surface area contributed by atoms with E-state index in [1.807, 2.05) is 30.3 Å². The quantitative estimate of drug-likeness (QED) is 0.239. The lowest BCUT2D eigenvalue weighted by Crippen LogP contribution is -2.34. The molecule has 0 fully saturated rings. The highest BCUT2D eigenvalue weighted by atomic mass is 32.1. The van der Waals surface area contributed by atoms with Gasteiger partial charge in [0.2, 0.25) is 5.91 Å². The van der Waals surface area contributed by atoms with Crippen LogP contribution in [0, 0.1) is 20.2 Å². The Morgan fingerprint density at radius 2 is 1.34 bits per heavy atom. The molecule has 0 unspecified atom stereocenters. The Hall–Kier alpha value is -4.71. The first-order valence-electron chi connectivity index (χ1n) is 10.2. The molecule has 3 rings (SSSR count). The van der Waals surface area contributed by atoms with Crippen LogP contribution in [0.2, 0.25) is 0 Å². The molecule has 35 heavy (non-hydrogen) atoms. The first-order valence-corrected chi connectivity index (χ1v) is 10.6. The van der Waals surface area contributed by atoms with Crippen molar-refractivity contribution in [3.63, 3.8) is 0 Å². The number of carbonyl (C=O) groups excluding carboxylic acids is 2. The second-order valence-electron chi connectivity index (χ2n) is 7.27. The summed E-state index contributed by atoms with van der Waals surface area (Å²) in [5.41, 5.74) is 0.672. The summed E-state index contributed by atoms with van der Waals surface area (Å²) in [4.78, 5) is 44.9. The van der Waals surface area contributed by atoms with E-state index in [-0.39, 0.29) is 16.6 Å². The van der Waals surface area contributed by atoms with Crippen LogP contribution in [0.3, 0.4) is 0 Å². The van der Waals surface area contributed by atoms with Crippen molar-refractivity contribution in [2.45, 2.75) is 12.8 Å². The number of aryl methyl sites for hydroxylation is 1. The third-order valence-corrected chi connectivity index (χ3v) is 4.93. The molecule has 11 nitrogen and oxygen atoms in total. The van der Waals surface area contributed by atoms with Crippen molar-refractivity contribution in [3.05, 3.63) is 104 Å². The van der Waals surface area contributed by atoms with Crippen LogP contribution in [0.15, 0.2) is 72.8 Å². The highest BCUT2D eigenvalue weighted by Gasteiger charge is 2.20. The predicted octanol–water partition coefficient (Wildman–Crippen LogP) is 4.20. The average Bonchev–Trinajstić information content (AvgIpc) is 2.84. The molecule has 0 bridgehead atoms. The predicted molar refractivity (Wildman–Crippen MR) is 133 cm³/mol. The van der Waals surface area contributed by atoms with E-state index < -0.39 is 27.1 Å². The van der Waals surface area contributed by atoms with Crippen LogP contribution >= 0.6 is 12.2 Å². The molecule has 0 aliphatic heterocycles. The standard InChI is InChI=1S/C23H19N5O6S/c29-21(11-6-15-4-2-1-3-5-15)24-17-7-9-18(10-8-17)25-23(35)26-22(30)16-12-19(27(31)32)14-20(13-16)28(33)34/h1-5,7-10,12-14H,6,11H2,(H,24,29)(H2,25,26,30,35). The van der Waals surface area contributed by atoms with Gasteiger partial charge >= 0.3 is 0 Å². The van der Waals surface area contributed by atoms with E-state index in [2.05, 4.69) is 16.0 Å². The molecule has 0 saturated carbocycles. The number of non-ortho nitro benzene ring substituents is 2. The number of carbonyl (C=O) groups is 2. The Morgan fingerprint density at radius 3 is 1.89 bits per heavy atom. The number of rotatable bonds is 8. The van der Waals surface area contributed by atoms with E-state index in [9.17, 15) is 29.8 Å². The van der Waals surface area contributed by atoms with Crippen LogP contribution in [-0.2, 0) is 11.2 Å². The second-order valence-corrected chi connectivity index (χ2v) is 7.68. The lowest BCUT2D eigenvalue weighted by Gasteiger charge is -2.11. The summed E-state index contributed by atoms with van der Waals surface area (Å²) in [5, 5.41) is 29.8. The van der Waals surface area contributed by atoms with Crippen molar-refractivity contribution < 1.29 is 19.4 Å². The molecule has 0 aliphatic rings. The number of nitro groups is 2. The molecule has 0 aliphatic carbocycles. The van der Waals surface area contributed by atoms with E-state index in [1.165, 1.54) is 0 Å². The van der Waals surface area contributed by atoms with E-state index in [1.54, 1.807) is 24.3 Å². The van der Waals surface area contributed by atoms with Gasteiger partial charge in [0.1, 0.15) is 0 Å². The average molecular weight is 494 g/mol. The second kappa shape index (κ2) is 11.4. The Bertz CT molecular complexity index is 1250. The fourth-order valence-electron chi connectivity index (χ4n) is 3.04. The lowest BCUT2D eigenvalue weighted by molar-refractivity contribution is -0.394. The van der Waals surface area contributed by atoms with Crippen LogP contribution in [0.5, 0.6) is 0 Å². The zero-order valence-electron chi connectivity index (χ0n) is 18.1. The molecule has 0 heterocycles. The van der Waals surface area contributed by atoms with Gasteiger partial charge in [0.15, 0.2) is 5.11 Å². The maximum atomic E-state index is 12.4. The molecule has 0 spiro atoms. The fraction of sp³-hybridized carbons (Fsp3) is 0.0870. The van der Waals surface area contributed by atoms with Gasteiger partial charge in [0.25, 0.3) is 17.3 Å². The molecular formula is C23H19N5O6S. The summed E-state index contributed by atoms with van der Waals surface area (Å²) in [6.45, 7) is 0. The topological polar surface area (TPSA) is 157 Å². The van der Waals surface area contributed by atoms with Crippen molar-refractivity contribution in [1.82, 2.24) is 5.32 Å². The zero-order valence-corrected chi connectivity index (χ0v) is 18.9.